The minimum absolute atomic E-state index is 0. The van der Waals surface area contributed by atoms with Gasteiger partial charge in [0.1, 0.15) is 12.4 Å². The van der Waals surface area contributed by atoms with Crippen LogP contribution >= 0.6 is 0 Å². The largest absolute Gasteiger partial charge is 0.489 e. The van der Waals surface area contributed by atoms with Gasteiger partial charge in [0.2, 0.25) is 10.0 Å². The van der Waals surface area contributed by atoms with Crippen molar-refractivity contribution < 1.29 is 34.7 Å². The lowest BCUT2D eigenvalue weighted by molar-refractivity contribution is 0.0695. The number of carboxylic acids is 1. The molecule has 0 saturated carbocycles. The molecule has 33 heavy (non-hydrogen) atoms. The average Bonchev–Trinajstić information content (AvgIpc) is 2.80. The summed E-state index contributed by atoms with van der Waals surface area (Å²) in [5, 5.41) is 9.30. The molecule has 0 heterocycles. The van der Waals surface area contributed by atoms with E-state index in [4.69, 9.17) is 4.74 Å². The van der Waals surface area contributed by atoms with Crippen molar-refractivity contribution in [3.8, 4) is 5.75 Å². The predicted octanol–water partition coefficient (Wildman–Crippen LogP) is 4.82. The second-order valence-electron chi connectivity index (χ2n) is 7.31. The maximum absolute atomic E-state index is 13.3. The summed E-state index contributed by atoms with van der Waals surface area (Å²) >= 11 is 0. The molecule has 0 atom stereocenters. The molecular formula is C24H27F2NO5S. The SMILES string of the molecule is CCc1ccc(S(=O)(=O)NCCc2ccc(OCc3ccc(F)c(F)c3)cc2)cc1C(=O)O.[HH].[HH]. The molecule has 0 amide bonds. The third kappa shape index (κ3) is 6.36. The number of nitrogens with one attached hydrogen (secondary N) is 1. The van der Waals surface area contributed by atoms with E-state index in [0.717, 1.165) is 17.7 Å². The highest BCUT2D eigenvalue weighted by atomic mass is 32.2. The maximum Gasteiger partial charge on any atom is 0.336 e. The lowest BCUT2D eigenvalue weighted by atomic mass is 10.1. The maximum atomic E-state index is 13.3. The molecule has 3 aromatic carbocycles. The van der Waals surface area contributed by atoms with E-state index < -0.39 is 27.6 Å². The fourth-order valence-corrected chi connectivity index (χ4v) is 4.25. The predicted molar refractivity (Wildman–Crippen MR) is 123 cm³/mol. The first-order chi connectivity index (χ1) is 15.7. The number of hydrogen-bond donors (Lipinski definition) is 2. The minimum atomic E-state index is -3.86. The van der Waals surface area contributed by atoms with E-state index in [1.165, 1.54) is 24.3 Å². The van der Waals surface area contributed by atoms with E-state index in [-0.39, 0.29) is 26.5 Å². The molecular weight excluding hydrogens is 452 g/mol. The molecule has 0 saturated heterocycles. The Morgan fingerprint density at radius 2 is 1.70 bits per heavy atom. The summed E-state index contributed by atoms with van der Waals surface area (Å²) in [5.74, 6) is -2.49. The number of hydrogen-bond acceptors (Lipinski definition) is 4. The van der Waals surface area contributed by atoms with Crippen LogP contribution in [-0.2, 0) is 29.5 Å². The second kappa shape index (κ2) is 10.5. The molecule has 0 aliphatic carbocycles. The molecule has 0 radical (unpaired) electrons. The van der Waals surface area contributed by atoms with E-state index in [0.29, 0.717) is 29.7 Å². The minimum Gasteiger partial charge on any atom is -0.489 e. The van der Waals surface area contributed by atoms with E-state index in [9.17, 15) is 27.1 Å². The van der Waals surface area contributed by atoms with Gasteiger partial charge in [0, 0.05) is 9.40 Å². The summed E-state index contributed by atoms with van der Waals surface area (Å²) < 4.78 is 59.4. The molecule has 0 bridgehead atoms. The third-order valence-electron chi connectivity index (χ3n) is 5.02. The van der Waals surface area contributed by atoms with Crippen LogP contribution in [0.5, 0.6) is 5.75 Å². The summed E-state index contributed by atoms with van der Waals surface area (Å²) in [7, 11) is -3.86. The van der Waals surface area contributed by atoms with Crippen molar-refractivity contribution in [1.29, 1.82) is 0 Å². The van der Waals surface area contributed by atoms with Crippen molar-refractivity contribution >= 4 is 16.0 Å². The second-order valence-corrected chi connectivity index (χ2v) is 9.07. The van der Waals surface area contributed by atoms with Crippen LogP contribution < -0.4 is 9.46 Å². The van der Waals surface area contributed by atoms with Gasteiger partial charge in [-0.2, -0.15) is 0 Å². The normalized spacial score (nSPS) is 11.4. The number of aromatic carboxylic acids is 1. The molecule has 3 aromatic rings. The molecule has 0 aliphatic heterocycles. The Labute approximate surface area is 193 Å². The van der Waals surface area contributed by atoms with Crippen molar-refractivity contribution in [3.05, 3.63) is 94.6 Å². The van der Waals surface area contributed by atoms with Crippen LogP contribution in [-0.4, -0.2) is 26.0 Å². The molecule has 0 unspecified atom stereocenters. The Morgan fingerprint density at radius 3 is 2.33 bits per heavy atom. The Hall–Kier alpha value is -3.30. The van der Waals surface area contributed by atoms with Gasteiger partial charge in [-0.3, -0.25) is 0 Å². The van der Waals surface area contributed by atoms with Crippen LogP contribution in [0.25, 0.3) is 0 Å². The van der Waals surface area contributed by atoms with Crippen molar-refractivity contribution in [1.82, 2.24) is 4.72 Å². The van der Waals surface area contributed by atoms with Crippen LogP contribution in [0.15, 0.2) is 65.6 Å². The average molecular weight is 480 g/mol. The molecule has 0 spiro atoms. The zero-order chi connectivity index (χ0) is 24.0. The molecule has 178 valence electrons. The highest BCUT2D eigenvalue weighted by Gasteiger charge is 2.18. The fourth-order valence-electron chi connectivity index (χ4n) is 3.19. The number of carboxylic acid groups (broad SMARTS) is 1. The van der Waals surface area contributed by atoms with Crippen molar-refractivity contribution in [2.24, 2.45) is 0 Å². The van der Waals surface area contributed by atoms with Gasteiger partial charge < -0.3 is 9.84 Å². The Bertz CT molecular complexity index is 1260. The van der Waals surface area contributed by atoms with E-state index >= 15 is 0 Å². The van der Waals surface area contributed by atoms with Gasteiger partial charge in [0.15, 0.2) is 11.6 Å². The summed E-state index contributed by atoms with van der Waals surface area (Å²) in [6.45, 7) is 1.99. The standard InChI is InChI=1S/C24H23F2NO5S.2H2/c1-2-18-6-9-20(14-21(18)24(28)29)33(30,31)27-12-11-16-3-7-19(8-4-16)32-15-17-5-10-22(25)23(26)13-17;;/h3-10,13-14,27H,2,11-12,15H2,1H3,(H,28,29);2*1H. The van der Waals surface area contributed by atoms with E-state index in [1.54, 1.807) is 31.2 Å². The molecule has 0 fully saturated rings. The lowest BCUT2D eigenvalue weighted by Crippen LogP contribution is -2.26. The first-order valence-electron chi connectivity index (χ1n) is 10.2. The van der Waals surface area contributed by atoms with Gasteiger partial charge in [0.25, 0.3) is 0 Å². The number of sulfonamides is 1. The highest BCUT2D eigenvalue weighted by Crippen LogP contribution is 2.18. The fraction of sp³-hybridized carbons (Fsp3) is 0.208. The zero-order valence-corrected chi connectivity index (χ0v) is 18.7. The highest BCUT2D eigenvalue weighted by molar-refractivity contribution is 7.89. The lowest BCUT2D eigenvalue weighted by Gasteiger charge is -2.10. The number of rotatable bonds is 10. The van der Waals surface area contributed by atoms with Gasteiger partial charge >= 0.3 is 5.97 Å². The van der Waals surface area contributed by atoms with Crippen LogP contribution in [0.3, 0.4) is 0 Å². The summed E-state index contributed by atoms with van der Waals surface area (Å²) in [6, 6.07) is 14.6. The number of ether oxygens (including phenoxy) is 1. The van der Waals surface area contributed by atoms with Gasteiger partial charge in [0.05, 0.1) is 10.5 Å². The van der Waals surface area contributed by atoms with Crippen LogP contribution in [0.4, 0.5) is 8.78 Å². The number of halogens is 2. The van der Waals surface area contributed by atoms with Gasteiger partial charge in [-0.15, -0.1) is 0 Å². The summed E-state index contributed by atoms with van der Waals surface area (Å²) in [4.78, 5) is 11.3. The molecule has 2 N–H and O–H groups in total. The third-order valence-corrected chi connectivity index (χ3v) is 6.48. The van der Waals surface area contributed by atoms with Gasteiger partial charge in [-0.25, -0.2) is 26.7 Å². The first-order valence-corrected chi connectivity index (χ1v) is 11.7. The van der Waals surface area contributed by atoms with Crippen molar-refractivity contribution in [3.63, 3.8) is 0 Å². The smallest absolute Gasteiger partial charge is 0.336 e. The van der Waals surface area contributed by atoms with Crippen molar-refractivity contribution in [2.45, 2.75) is 31.3 Å². The monoisotopic (exact) mass is 479 g/mol. The first kappa shape index (κ1) is 24.3. The van der Waals surface area contributed by atoms with Gasteiger partial charge in [-0.05, 0) is 65.9 Å². The molecule has 6 nitrogen and oxygen atoms in total. The van der Waals surface area contributed by atoms with E-state index in [2.05, 4.69) is 4.72 Å². The Kier molecular flexibility index (Phi) is 7.78. The molecule has 9 heteroatoms. The zero-order valence-electron chi connectivity index (χ0n) is 17.8. The van der Waals surface area contributed by atoms with E-state index in [1.807, 2.05) is 0 Å². The number of aryl methyl sites for hydroxylation is 1. The van der Waals surface area contributed by atoms with Crippen LogP contribution in [0, 0.1) is 11.6 Å². The summed E-state index contributed by atoms with van der Waals surface area (Å²) in [6.07, 6.45) is 0.886. The molecule has 0 aromatic heterocycles. The number of benzene rings is 3. The molecule has 0 aliphatic rings. The number of carbonyl (C=O) groups is 1. The Balaban J connectivity index is 0.00000306. The topological polar surface area (TPSA) is 92.7 Å². The summed E-state index contributed by atoms with van der Waals surface area (Å²) in [5.41, 5.74) is 1.88. The van der Waals surface area contributed by atoms with Crippen molar-refractivity contribution in [2.75, 3.05) is 6.54 Å². The quantitative estimate of drug-likeness (QED) is 0.435. The molecule has 3 rings (SSSR count). The van der Waals surface area contributed by atoms with Crippen LogP contribution in [0.2, 0.25) is 0 Å². The Morgan fingerprint density at radius 1 is 1.00 bits per heavy atom. The van der Waals surface area contributed by atoms with Crippen LogP contribution in [0.1, 0.15) is 36.8 Å². The van der Waals surface area contributed by atoms with Gasteiger partial charge in [-0.1, -0.05) is 31.2 Å².